The molecule has 15 heteroatoms. The van der Waals surface area contributed by atoms with Crippen LogP contribution in [0.1, 0.15) is 20.7 Å². The van der Waals surface area contributed by atoms with Crippen molar-refractivity contribution in [2.24, 2.45) is 0 Å². The van der Waals surface area contributed by atoms with Crippen molar-refractivity contribution < 1.29 is 40.3 Å². The average molecular weight is 465 g/mol. The standard InChI is InChI=1S/C8H6O4.2C5H7N3.NO3.H2O/c9-7(10)5-3-1-2-4-6(5)8(11)12;2*6-4-2-1-3-5(7)8-4;2-1(3)4;/h1-4H,(H,9,10)(H,11,12);2*1-3H,(H4,6,7,8);;1H2/q;;;-1;/p+1. The zero-order valence-corrected chi connectivity index (χ0v) is 16.9. The van der Waals surface area contributed by atoms with E-state index < -0.39 is 17.0 Å². The molecular formula is C18H23N7O8. The Morgan fingerprint density at radius 1 is 0.727 bits per heavy atom. The number of carboxylic acids is 2. The monoisotopic (exact) mass is 465 g/mol. The van der Waals surface area contributed by atoms with E-state index in [2.05, 4.69) is 9.97 Å². The number of aromatic nitrogens is 2. The number of aromatic amines is 2. The van der Waals surface area contributed by atoms with Gasteiger partial charge >= 0.3 is 5.97 Å². The number of H-pyrrole nitrogens is 2. The predicted molar refractivity (Wildman–Crippen MR) is 115 cm³/mol. The third kappa shape index (κ3) is 14.4. The van der Waals surface area contributed by atoms with Crippen molar-refractivity contribution in [3.8, 4) is 0 Å². The van der Waals surface area contributed by atoms with Crippen LogP contribution >= 0.6 is 0 Å². The van der Waals surface area contributed by atoms with Gasteiger partial charge in [-0.1, -0.05) is 18.2 Å². The maximum absolute atomic E-state index is 10.4. The molecule has 0 unspecified atom stereocenters. The average Bonchev–Trinajstić information content (AvgIpc) is 2.68. The van der Waals surface area contributed by atoms with Gasteiger partial charge in [-0.3, -0.25) is 0 Å². The molecule has 0 fully saturated rings. The number of carbonyl (C=O) groups excluding carboxylic acids is 1. The smallest absolute Gasteiger partial charge is 0.336 e. The third-order valence-electron chi connectivity index (χ3n) is 3.06. The zero-order valence-electron chi connectivity index (χ0n) is 16.9. The zero-order chi connectivity index (χ0) is 24.7. The summed E-state index contributed by atoms with van der Waals surface area (Å²) in [5.74, 6) is -0.396. The van der Waals surface area contributed by atoms with Gasteiger partial charge in [0.15, 0.2) is 0 Å². The fraction of sp³-hybridized carbons (Fsp3) is 0. The largest absolute Gasteiger partial charge is 0.545 e. The van der Waals surface area contributed by atoms with Crippen LogP contribution in [0.3, 0.4) is 0 Å². The molecule has 0 aliphatic rings. The Bertz CT molecular complexity index is 935. The number of carbonyl (C=O) groups is 2. The van der Waals surface area contributed by atoms with Crippen LogP contribution in [0.25, 0.3) is 0 Å². The quantitative estimate of drug-likeness (QED) is 0.204. The van der Waals surface area contributed by atoms with E-state index in [0.29, 0.717) is 23.3 Å². The van der Waals surface area contributed by atoms with Crippen LogP contribution in [0.2, 0.25) is 0 Å². The second-order valence-electron chi connectivity index (χ2n) is 5.48. The molecule has 0 atom stereocenters. The molecule has 0 radical (unpaired) electrons. The Balaban J connectivity index is 0. The minimum Gasteiger partial charge on any atom is -0.545 e. The van der Waals surface area contributed by atoms with E-state index in [-0.39, 0.29) is 16.6 Å². The SMILES string of the molecule is Nc1cccc(N)[nH+]1.Nc1cccc(N)[nH+]1.O.O=C([O-])c1ccccc1C(=O)O.O=[N+]([O-])[O-]. The molecule has 0 bridgehead atoms. The Kier molecular flexibility index (Phi) is 14.2. The summed E-state index contributed by atoms with van der Waals surface area (Å²) in [5, 5.41) is 33.6. The van der Waals surface area contributed by atoms with Crippen molar-refractivity contribution in [2.75, 3.05) is 22.9 Å². The fourth-order valence-corrected chi connectivity index (χ4v) is 1.86. The van der Waals surface area contributed by atoms with Crippen molar-refractivity contribution in [3.05, 3.63) is 87.1 Å². The van der Waals surface area contributed by atoms with Crippen molar-refractivity contribution in [2.45, 2.75) is 0 Å². The van der Waals surface area contributed by atoms with E-state index in [1.165, 1.54) is 24.3 Å². The summed E-state index contributed by atoms with van der Waals surface area (Å²) in [6.07, 6.45) is 0. The number of hydrogen-bond acceptors (Lipinski definition) is 10. The summed E-state index contributed by atoms with van der Waals surface area (Å²) in [7, 11) is 0. The molecule has 0 saturated carbocycles. The number of rotatable bonds is 2. The number of nitrogens with two attached hydrogens (primary N) is 4. The summed E-state index contributed by atoms with van der Waals surface area (Å²) >= 11 is 0. The number of nitrogens with zero attached hydrogens (tertiary/aromatic N) is 1. The molecule has 0 saturated heterocycles. The van der Waals surface area contributed by atoms with Gasteiger partial charge in [0.05, 0.1) is 16.6 Å². The van der Waals surface area contributed by atoms with Gasteiger partial charge in [0, 0.05) is 29.8 Å². The van der Waals surface area contributed by atoms with Gasteiger partial charge < -0.3 is 58.7 Å². The van der Waals surface area contributed by atoms with Gasteiger partial charge in [0.2, 0.25) is 23.3 Å². The van der Waals surface area contributed by atoms with Crippen LogP contribution in [-0.2, 0) is 0 Å². The van der Waals surface area contributed by atoms with Crippen LogP contribution in [0, 0.1) is 15.3 Å². The van der Waals surface area contributed by atoms with Gasteiger partial charge in [0.25, 0.3) is 0 Å². The molecule has 2 aromatic heterocycles. The van der Waals surface area contributed by atoms with E-state index in [1.54, 1.807) is 36.4 Å². The normalized spacial score (nSPS) is 8.48. The molecule has 3 aromatic rings. The Hall–Kier alpha value is -5.18. The topological polar surface area (TPSA) is 307 Å². The summed E-state index contributed by atoms with van der Waals surface area (Å²) in [5.41, 5.74) is 20.7. The molecule has 0 aliphatic heterocycles. The van der Waals surface area contributed by atoms with Gasteiger partial charge in [-0.05, 0) is 18.2 Å². The molecule has 15 nitrogen and oxygen atoms in total. The highest BCUT2D eigenvalue weighted by atomic mass is 16.9. The highest BCUT2D eigenvalue weighted by Crippen LogP contribution is 2.06. The molecule has 33 heavy (non-hydrogen) atoms. The number of benzene rings is 1. The van der Waals surface area contributed by atoms with E-state index in [9.17, 15) is 14.7 Å². The molecule has 178 valence electrons. The van der Waals surface area contributed by atoms with Gasteiger partial charge in [-0.15, -0.1) is 0 Å². The highest BCUT2D eigenvalue weighted by Gasteiger charge is 2.08. The van der Waals surface area contributed by atoms with Gasteiger partial charge in [0.1, 0.15) is 0 Å². The van der Waals surface area contributed by atoms with Crippen molar-refractivity contribution in [1.82, 2.24) is 0 Å². The number of nitrogen functional groups attached to an aromatic ring is 4. The lowest BCUT2D eigenvalue weighted by molar-refractivity contribution is -0.402. The maximum atomic E-state index is 10.4. The lowest BCUT2D eigenvalue weighted by Crippen LogP contribution is -2.24. The van der Waals surface area contributed by atoms with Crippen LogP contribution < -0.4 is 38.0 Å². The number of carboxylic acid groups (broad SMARTS) is 2. The second-order valence-corrected chi connectivity index (χ2v) is 5.48. The van der Waals surface area contributed by atoms with Crippen LogP contribution in [0.4, 0.5) is 23.3 Å². The van der Waals surface area contributed by atoms with Gasteiger partial charge in [-0.2, -0.15) is 0 Å². The van der Waals surface area contributed by atoms with E-state index >= 15 is 0 Å². The van der Waals surface area contributed by atoms with E-state index in [4.69, 9.17) is 43.4 Å². The van der Waals surface area contributed by atoms with Crippen molar-refractivity contribution >= 4 is 35.2 Å². The lowest BCUT2D eigenvalue weighted by Gasteiger charge is -2.04. The molecule has 1 aromatic carbocycles. The molecule has 0 spiro atoms. The second kappa shape index (κ2) is 15.6. The summed E-state index contributed by atoms with van der Waals surface area (Å²) in [4.78, 5) is 34.5. The lowest BCUT2D eigenvalue weighted by atomic mass is 10.1. The van der Waals surface area contributed by atoms with Crippen LogP contribution in [-0.4, -0.2) is 27.6 Å². The molecular weight excluding hydrogens is 442 g/mol. The molecule has 2 heterocycles. The number of nitrogens with one attached hydrogen (secondary N) is 2. The van der Waals surface area contributed by atoms with E-state index in [0.717, 1.165) is 0 Å². The van der Waals surface area contributed by atoms with Crippen LogP contribution in [0.15, 0.2) is 60.7 Å². The first-order valence-corrected chi connectivity index (χ1v) is 8.35. The first-order chi connectivity index (χ1) is 14.9. The summed E-state index contributed by atoms with van der Waals surface area (Å²) in [6, 6.07) is 15.9. The minimum atomic E-state index is -1.75. The number of aromatic carboxylic acids is 2. The fourth-order valence-electron chi connectivity index (χ4n) is 1.86. The van der Waals surface area contributed by atoms with Crippen LogP contribution in [0.5, 0.6) is 0 Å². The molecule has 0 amide bonds. The minimum absolute atomic E-state index is 0. The van der Waals surface area contributed by atoms with Crippen molar-refractivity contribution in [1.29, 1.82) is 0 Å². The van der Waals surface area contributed by atoms with Crippen molar-refractivity contribution in [3.63, 3.8) is 0 Å². The summed E-state index contributed by atoms with van der Waals surface area (Å²) in [6.45, 7) is 0. The Morgan fingerprint density at radius 2 is 1.03 bits per heavy atom. The highest BCUT2D eigenvalue weighted by molar-refractivity contribution is 6.00. The maximum Gasteiger partial charge on any atom is 0.336 e. The predicted octanol–water partition coefficient (Wildman–Crippen LogP) is -1.99. The molecule has 13 N–H and O–H groups in total. The Labute approximate surface area is 186 Å². The third-order valence-corrected chi connectivity index (χ3v) is 3.06. The summed E-state index contributed by atoms with van der Waals surface area (Å²) < 4.78 is 0. The number of anilines is 4. The molecule has 3 rings (SSSR count). The van der Waals surface area contributed by atoms with Gasteiger partial charge in [-0.25, -0.2) is 14.8 Å². The molecule has 0 aliphatic carbocycles. The number of pyridine rings is 2. The first kappa shape index (κ1) is 30.0. The van der Waals surface area contributed by atoms with E-state index in [1.807, 2.05) is 0 Å². The Morgan fingerprint density at radius 3 is 1.21 bits per heavy atom. The first-order valence-electron chi connectivity index (χ1n) is 8.35. The number of hydrogen-bond donors (Lipinski definition) is 5.